The molecule has 3 aliphatic heterocycles. The molecule has 3 fully saturated rings. The predicted octanol–water partition coefficient (Wildman–Crippen LogP) is 3.19. The van der Waals surface area contributed by atoms with Crippen LogP contribution in [0, 0.1) is 12.8 Å². The first-order valence-corrected chi connectivity index (χ1v) is 32.1. The lowest BCUT2D eigenvalue weighted by Crippen LogP contribution is -2.55. The summed E-state index contributed by atoms with van der Waals surface area (Å²) >= 11 is 0. The van der Waals surface area contributed by atoms with Gasteiger partial charge in [0.2, 0.25) is 29.5 Å². The van der Waals surface area contributed by atoms with E-state index < -0.39 is 85.1 Å². The van der Waals surface area contributed by atoms with Crippen molar-refractivity contribution in [2.75, 3.05) is 125 Å². The number of fused-ring (bicyclic) bond motifs is 1. The average molecular weight is 1300 g/mol. The van der Waals surface area contributed by atoms with Gasteiger partial charge in [-0.25, -0.2) is 8.78 Å². The molecule has 26 nitrogen and oxygen atoms in total. The number of piperidine rings is 1. The molecule has 0 spiro atoms. The van der Waals surface area contributed by atoms with Crippen LogP contribution in [0.1, 0.15) is 106 Å². The van der Waals surface area contributed by atoms with E-state index in [0.29, 0.717) is 80.3 Å². The number of aliphatic carboxylic acids is 3. The van der Waals surface area contributed by atoms with Gasteiger partial charge >= 0.3 is 17.9 Å². The Morgan fingerprint density at radius 2 is 1.37 bits per heavy atom. The van der Waals surface area contributed by atoms with Crippen LogP contribution < -0.4 is 26.0 Å². The largest absolute Gasteiger partial charge is 0.494 e. The van der Waals surface area contributed by atoms with Crippen LogP contribution in [0.15, 0.2) is 64.7 Å². The van der Waals surface area contributed by atoms with Crippen molar-refractivity contribution in [1.82, 2.24) is 55.7 Å². The number of alkyl halides is 2. The lowest BCUT2D eigenvalue weighted by atomic mass is 9.91. The zero-order valence-corrected chi connectivity index (χ0v) is 54.0. The zero-order valence-electron chi connectivity index (χ0n) is 54.0. The molecule has 6 amide bonds. The second kappa shape index (κ2) is 37.6. The summed E-state index contributed by atoms with van der Waals surface area (Å²) in [6.07, 6.45) is 9.07. The third-order valence-corrected chi connectivity index (χ3v) is 16.8. The Kier molecular flexibility index (Phi) is 29.9. The number of amidine groups is 1. The quantitative estimate of drug-likeness (QED) is 0.0276. The number of rotatable bonds is 31. The maximum atomic E-state index is 14.2. The van der Waals surface area contributed by atoms with E-state index in [1.54, 1.807) is 56.5 Å². The highest BCUT2D eigenvalue weighted by Crippen LogP contribution is 2.32. The van der Waals surface area contributed by atoms with Crippen molar-refractivity contribution in [3.05, 3.63) is 71.4 Å². The van der Waals surface area contributed by atoms with E-state index >= 15 is 0 Å². The Labute approximate surface area is 541 Å². The van der Waals surface area contributed by atoms with Crippen LogP contribution in [-0.2, 0) is 44.8 Å². The van der Waals surface area contributed by atoms with Gasteiger partial charge in [0.15, 0.2) is 0 Å². The summed E-state index contributed by atoms with van der Waals surface area (Å²) in [5, 5.41) is 40.6. The third-order valence-electron chi connectivity index (χ3n) is 16.8. The molecule has 3 saturated heterocycles. The molecule has 3 aromatic rings. The molecule has 0 aliphatic carbocycles. The highest BCUT2D eigenvalue weighted by Gasteiger charge is 2.46. The molecule has 28 heteroatoms. The molecule has 510 valence electrons. The second-order valence-electron chi connectivity index (χ2n) is 24.4. The number of aromatic nitrogens is 1. The minimum absolute atomic E-state index is 0.147. The number of halogens is 2. The molecule has 4 heterocycles. The Morgan fingerprint density at radius 1 is 0.753 bits per heavy atom. The van der Waals surface area contributed by atoms with E-state index in [1.165, 1.54) is 31.1 Å². The molecule has 0 saturated carbocycles. The van der Waals surface area contributed by atoms with Gasteiger partial charge < -0.3 is 51.1 Å². The maximum Gasteiger partial charge on any atom is 0.317 e. The van der Waals surface area contributed by atoms with E-state index in [0.717, 1.165) is 49.0 Å². The number of carbonyl (C=O) groups is 9. The molecule has 0 unspecified atom stereocenters. The molecule has 7 N–H and O–H groups in total. The van der Waals surface area contributed by atoms with Crippen LogP contribution >= 0.6 is 0 Å². The number of nitrogens with one attached hydrogen (secondary N) is 4. The van der Waals surface area contributed by atoms with Crippen LogP contribution in [0.4, 0.5) is 8.78 Å². The number of nitrogens with zero attached hydrogens (tertiary/aromatic N) is 9. The first-order chi connectivity index (χ1) is 44.4. The number of hydrogen-bond donors (Lipinski definition) is 7. The van der Waals surface area contributed by atoms with Crippen LogP contribution in [0.5, 0.6) is 5.75 Å². The van der Waals surface area contributed by atoms with E-state index in [1.807, 2.05) is 19.1 Å². The molecular formula is C65H93F2N13O13. The van der Waals surface area contributed by atoms with Crippen LogP contribution in [0.3, 0.4) is 0 Å². The van der Waals surface area contributed by atoms with Gasteiger partial charge in [0.1, 0.15) is 17.8 Å². The summed E-state index contributed by atoms with van der Waals surface area (Å²) in [5.74, 6) is -7.73. The number of carboxylic acids is 3. The lowest BCUT2D eigenvalue weighted by Gasteiger charge is -2.34. The monoisotopic (exact) mass is 1300 g/mol. The Balaban J connectivity index is 0.995. The van der Waals surface area contributed by atoms with Gasteiger partial charge in [0.25, 0.3) is 11.8 Å². The molecule has 0 bridgehead atoms. The number of carbonyl (C=O) groups excluding carboxylic acids is 6. The number of hydrogen-bond acceptors (Lipinski definition) is 17. The molecule has 93 heavy (non-hydrogen) atoms. The smallest absolute Gasteiger partial charge is 0.317 e. The highest BCUT2D eigenvalue weighted by atomic mass is 19.3. The van der Waals surface area contributed by atoms with Gasteiger partial charge in [-0.15, -0.1) is 0 Å². The minimum Gasteiger partial charge on any atom is -0.494 e. The normalized spacial score (nSPS) is 18.3. The number of carboxylic acid groups (broad SMARTS) is 3. The Bertz CT molecular complexity index is 3040. The SMILES string of the molecule is C/N=C/[C@H]1CC(F)(F)CN1C(=O)CNC(=O)c1ccnc2ccc(OCCCCC3CCN(C(=O)[C@H](C)NC(=O)[C@H](CCCC/N=C(\C)NC(=O)CCCc4ccc(C)cc4)NC(=O)CN4CCN(CC(=O)O)CCN(CC(=O)O)CCN(CC(=O)O)CC4)CC3)cc12. The summed E-state index contributed by atoms with van der Waals surface area (Å²) in [7, 11) is 1.44. The third kappa shape index (κ3) is 26.1. The highest BCUT2D eigenvalue weighted by molar-refractivity contribution is 6.07. The second-order valence-corrected chi connectivity index (χ2v) is 24.4. The van der Waals surface area contributed by atoms with Crippen molar-refractivity contribution >= 4 is 76.3 Å². The van der Waals surface area contributed by atoms with E-state index in [-0.39, 0.29) is 102 Å². The molecule has 6 rings (SSSR count). The predicted molar refractivity (Wildman–Crippen MR) is 344 cm³/mol. The number of ether oxygens (including phenoxy) is 1. The Hall–Kier alpha value is -8.08. The standard InChI is InChI=1S/C65H93F2N13O13/c1-45-14-16-48(17-15-45)11-9-13-56(81)73-47(3)69-23-7-5-12-55(74-57(82)40-75-27-29-76(41-59(84)85)31-33-78(43-61(88)89)34-32-77(30-28-75)42-60(86)87)63(91)72-46(2)64(92)79-25-21-49(22-26-79)10-6-8-35-93-51-18-19-54-53(36-51)52(20-24-70-54)62(90)71-39-58(83)80-44-65(66,67)37-50(80)38-68-4/h14-20,24,36,38,46,49-50,55H,5-13,21-23,25-35,37,39-44H2,1-4H3,(H,71,90)(H,72,91)(H,74,82)(H,84,85)(H,86,87)(H,88,89)(H,69,73,81)/b68-38+/t46-,50+,55-/m0/s1. The van der Waals surface area contributed by atoms with E-state index in [2.05, 4.69) is 48.4 Å². The Morgan fingerprint density at radius 3 is 1.97 bits per heavy atom. The first-order valence-electron chi connectivity index (χ1n) is 32.1. The van der Waals surface area contributed by atoms with Crippen molar-refractivity contribution in [1.29, 1.82) is 0 Å². The van der Waals surface area contributed by atoms with Gasteiger partial charge in [0, 0.05) is 110 Å². The first kappa shape index (κ1) is 74.0. The van der Waals surface area contributed by atoms with Gasteiger partial charge in [-0.05, 0) is 114 Å². The fourth-order valence-corrected chi connectivity index (χ4v) is 11.7. The van der Waals surface area contributed by atoms with Crippen molar-refractivity contribution in [2.24, 2.45) is 15.9 Å². The van der Waals surface area contributed by atoms with Crippen LogP contribution in [-0.4, -0.2) is 264 Å². The number of amides is 6. The number of aryl methyl sites for hydroxylation is 2. The van der Waals surface area contributed by atoms with E-state index in [9.17, 15) is 67.3 Å². The van der Waals surface area contributed by atoms with Gasteiger partial charge in [-0.2, -0.15) is 0 Å². The summed E-state index contributed by atoms with van der Waals surface area (Å²) in [5.41, 5.74) is 3.08. The fraction of sp³-hybridized carbons (Fsp3) is 0.600. The topological polar surface area (TPSA) is 329 Å². The average Bonchev–Trinajstić information content (AvgIpc) is 0.945. The number of benzene rings is 2. The van der Waals surface area contributed by atoms with E-state index in [4.69, 9.17) is 4.74 Å². The fourth-order valence-electron chi connectivity index (χ4n) is 11.7. The van der Waals surface area contributed by atoms with Gasteiger partial charge in [-0.1, -0.05) is 36.2 Å². The van der Waals surface area contributed by atoms with Crippen LogP contribution in [0.25, 0.3) is 10.9 Å². The van der Waals surface area contributed by atoms with Crippen molar-refractivity contribution in [3.63, 3.8) is 0 Å². The van der Waals surface area contributed by atoms with Crippen molar-refractivity contribution in [3.8, 4) is 5.75 Å². The number of aliphatic imine (C=N–C) groups is 2. The summed E-state index contributed by atoms with van der Waals surface area (Å²) < 4.78 is 34.4. The molecule has 3 aliphatic rings. The molecule has 3 atom stereocenters. The maximum absolute atomic E-state index is 14.2. The summed E-state index contributed by atoms with van der Waals surface area (Å²) in [6, 6.07) is 12.0. The number of likely N-dealkylation sites (tertiary alicyclic amines) is 2. The lowest BCUT2D eigenvalue weighted by molar-refractivity contribution is -0.140. The molecule has 1 aromatic heterocycles. The summed E-state index contributed by atoms with van der Waals surface area (Å²) in [6.45, 7) is 6.11. The van der Waals surface area contributed by atoms with Gasteiger partial charge in [0.05, 0.1) is 68.8 Å². The number of unbranched alkanes of at least 4 members (excludes halogenated alkanes) is 2. The van der Waals surface area contributed by atoms with Crippen molar-refractivity contribution < 1.29 is 72.0 Å². The number of pyridine rings is 1. The summed E-state index contributed by atoms with van der Waals surface area (Å²) in [4.78, 5) is 139. The molecule has 2 aromatic carbocycles. The molecular weight excluding hydrogens is 1210 g/mol. The zero-order chi connectivity index (χ0) is 67.5. The minimum atomic E-state index is -3.06. The van der Waals surface area contributed by atoms with Crippen LogP contribution in [0.2, 0.25) is 0 Å². The molecule has 0 radical (unpaired) electrons. The van der Waals surface area contributed by atoms with Crippen molar-refractivity contribution in [2.45, 2.75) is 122 Å². The van der Waals surface area contributed by atoms with Gasteiger partial charge in [-0.3, -0.25) is 77.7 Å².